The molecule has 0 aliphatic rings. The molecule has 0 aliphatic carbocycles. The Morgan fingerprint density at radius 3 is 2.88 bits per heavy atom. The summed E-state index contributed by atoms with van der Waals surface area (Å²) in [6, 6.07) is 0. The molecule has 0 aromatic carbocycles. The smallest absolute Gasteiger partial charge is 0.238 e. The van der Waals surface area contributed by atoms with Gasteiger partial charge in [-0.25, -0.2) is 14.5 Å². The lowest BCUT2D eigenvalue weighted by atomic mass is 10.1. The lowest BCUT2D eigenvalue weighted by molar-refractivity contribution is 0.0784. The summed E-state index contributed by atoms with van der Waals surface area (Å²) in [6.07, 6.45) is 1.84. The number of nitrogens with two attached hydrogens (primary N) is 1. The Labute approximate surface area is 97.1 Å². The van der Waals surface area contributed by atoms with Gasteiger partial charge in [-0.2, -0.15) is 0 Å². The summed E-state index contributed by atoms with van der Waals surface area (Å²) in [5, 5.41) is 14.0. The Hall–Kier alpha value is -1.40. The number of imidazole rings is 1. The van der Waals surface area contributed by atoms with Gasteiger partial charge in [0, 0.05) is 6.42 Å². The molecule has 0 atom stereocenters. The average molecular weight is 242 g/mol. The molecule has 6 nitrogen and oxygen atoms in total. The van der Waals surface area contributed by atoms with E-state index in [1.807, 2.05) is 0 Å². The maximum Gasteiger partial charge on any atom is 0.238 e. The Kier molecular flexibility index (Phi) is 2.47. The molecule has 0 aliphatic heterocycles. The summed E-state index contributed by atoms with van der Waals surface area (Å²) in [4.78, 5) is 7.96. The van der Waals surface area contributed by atoms with E-state index in [9.17, 15) is 5.11 Å². The summed E-state index contributed by atoms with van der Waals surface area (Å²) in [5.74, 6) is 0.695. The summed E-state index contributed by atoms with van der Waals surface area (Å²) >= 11 is 5.92. The maximum atomic E-state index is 9.74. The molecule has 86 valence electrons. The number of nitrogens with zero attached hydrogens (tertiary/aromatic N) is 4. The van der Waals surface area contributed by atoms with Crippen molar-refractivity contribution in [1.82, 2.24) is 19.6 Å². The number of halogens is 1. The molecule has 2 rings (SSSR count). The van der Waals surface area contributed by atoms with Gasteiger partial charge < -0.3 is 10.8 Å². The first-order valence-electron chi connectivity index (χ1n) is 4.75. The molecule has 2 aromatic heterocycles. The molecule has 0 spiro atoms. The highest BCUT2D eigenvalue weighted by molar-refractivity contribution is 6.32. The molecule has 3 N–H and O–H groups in total. The van der Waals surface area contributed by atoms with Crippen LogP contribution in [0.2, 0.25) is 5.15 Å². The molecule has 0 saturated carbocycles. The van der Waals surface area contributed by atoms with E-state index in [4.69, 9.17) is 17.3 Å². The minimum Gasteiger partial charge on any atom is -0.390 e. The van der Waals surface area contributed by atoms with Crippen LogP contribution in [0, 0.1) is 0 Å². The fraction of sp³-hybridized carbons (Fsp3) is 0.444. The maximum absolute atomic E-state index is 9.74. The van der Waals surface area contributed by atoms with Crippen LogP contribution in [-0.4, -0.2) is 30.3 Å². The Bertz CT molecular complexity index is 530. The van der Waals surface area contributed by atoms with Crippen LogP contribution >= 0.6 is 11.6 Å². The van der Waals surface area contributed by atoms with E-state index in [1.165, 1.54) is 10.7 Å². The molecule has 0 fully saturated rings. The Morgan fingerprint density at radius 2 is 2.25 bits per heavy atom. The summed E-state index contributed by atoms with van der Waals surface area (Å²) < 4.78 is 1.50. The topological polar surface area (TPSA) is 89.3 Å². The molecule has 0 radical (unpaired) electrons. The number of nitrogen functional groups attached to an aromatic ring is 1. The van der Waals surface area contributed by atoms with Crippen molar-refractivity contribution in [3.05, 3.63) is 17.2 Å². The molecule has 16 heavy (non-hydrogen) atoms. The largest absolute Gasteiger partial charge is 0.390 e. The second kappa shape index (κ2) is 3.57. The minimum absolute atomic E-state index is 0.138. The highest BCUT2D eigenvalue weighted by Gasteiger charge is 2.19. The van der Waals surface area contributed by atoms with Crippen molar-refractivity contribution in [2.24, 2.45) is 0 Å². The van der Waals surface area contributed by atoms with Crippen molar-refractivity contribution >= 4 is 23.1 Å². The predicted octanol–water partition coefficient (Wildman–Crippen LogP) is 0.673. The molecule has 0 unspecified atom stereocenters. The normalized spacial score (nSPS) is 12.2. The quantitative estimate of drug-likeness (QED) is 0.807. The predicted molar refractivity (Wildman–Crippen MR) is 60.2 cm³/mol. The number of hydrogen-bond donors (Lipinski definition) is 2. The van der Waals surface area contributed by atoms with Gasteiger partial charge in [-0.3, -0.25) is 0 Å². The molecule has 0 amide bonds. The molecular weight excluding hydrogens is 230 g/mol. The van der Waals surface area contributed by atoms with Gasteiger partial charge in [0.25, 0.3) is 0 Å². The SMILES string of the molecule is CC(C)(O)Cc1nc(Cl)c2cnc(N)nn12. The van der Waals surface area contributed by atoms with Crippen LogP contribution in [0.4, 0.5) is 5.95 Å². The third kappa shape index (κ3) is 2.07. The number of rotatable bonds is 2. The zero-order chi connectivity index (χ0) is 11.9. The third-order valence-electron chi connectivity index (χ3n) is 2.02. The number of hydrogen-bond acceptors (Lipinski definition) is 5. The van der Waals surface area contributed by atoms with E-state index in [0.29, 0.717) is 22.9 Å². The van der Waals surface area contributed by atoms with Crippen molar-refractivity contribution in [2.75, 3.05) is 5.73 Å². The van der Waals surface area contributed by atoms with Crippen molar-refractivity contribution < 1.29 is 5.11 Å². The molecule has 0 bridgehead atoms. The second-order valence-electron chi connectivity index (χ2n) is 4.22. The van der Waals surface area contributed by atoms with E-state index in [-0.39, 0.29) is 5.95 Å². The van der Waals surface area contributed by atoms with Gasteiger partial charge in [0.2, 0.25) is 5.95 Å². The van der Waals surface area contributed by atoms with E-state index in [0.717, 1.165) is 0 Å². The van der Waals surface area contributed by atoms with Gasteiger partial charge in [-0.1, -0.05) is 11.6 Å². The van der Waals surface area contributed by atoms with Crippen molar-refractivity contribution in [3.8, 4) is 0 Å². The first kappa shape index (κ1) is 11.1. The van der Waals surface area contributed by atoms with Crippen LogP contribution in [-0.2, 0) is 6.42 Å². The minimum atomic E-state index is -0.885. The van der Waals surface area contributed by atoms with Crippen molar-refractivity contribution in [1.29, 1.82) is 0 Å². The second-order valence-corrected chi connectivity index (χ2v) is 4.58. The van der Waals surface area contributed by atoms with Gasteiger partial charge in [0.1, 0.15) is 11.3 Å². The van der Waals surface area contributed by atoms with Crippen LogP contribution in [0.1, 0.15) is 19.7 Å². The number of fused-ring (bicyclic) bond motifs is 1. The monoisotopic (exact) mass is 241 g/mol. The number of aliphatic hydroxyl groups is 1. The van der Waals surface area contributed by atoms with Crippen LogP contribution in [0.25, 0.3) is 5.52 Å². The van der Waals surface area contributed by atoms with Gasteiger partial charge in [0.15, 0.2) is 5.15 Å². The fourth-order valence-corrected chi connectivity index (χ4v) is 1.65. The van der Waals surface area contributed by atoms with E-state index in [1.54, 1.807) is 13.8 Å². The van der Waals surface area contributed by atoms with Crippen molar-refractivity contribution in [2.45, 2.75) is 25.9 Å². The van der Waals surface area contributed by atoms with Gasteiger partial charge >= 0.3 is 0 Å². The highest BCUT2D eigenvalue weighted by atomic mass is 35.5. The average Bonchev–Trinajstić information content (AvgIpc) is 2.40. The number of aromatic nitrogens is 4. The zero-order valence-corrected chi connectivity index (χ0v) is 9.73. The van der Waals surface area contributed by atoms with Crippen molar-refractivity contribution in [3.63, 3.8) is 0 Å². The van der Waals surface area contributed by atoms with Crippen LogP contribution < -0.4 is 5.73 Å². The lowest BCUT2D eigenvalue weighted by Gasteiger charge is -2.15. The Morgan fingerprint density at radius 1 is 1.56 bits per heavy atom. The molecular formula is C9H12ClN5O. The fourth-order valence-electron chi connectivity index (χ4n) is 1.42. The first-order valence-corrected chi connectivity index (χ1v) is 5.12. The molecule has 2 heterocycles. The molecule has 0 saturated heterocycles. The van der Waals surface area contributed by atoms with Crippen LogP contribution in [0.3, 0.4) is 0 Å². The van der Waals surface area contributed by atoms with Gasteiger partial charge in [-0.05, 0) is 13.8 Å². The lowest BCUT2D eigenvalue weighted by Crippen LogP contribution is -2.23. The van der Waals surface area contributed by atoms with E-state index >= 15 is 0 Å². The van der Waals surface area contributed by atoms with Gasteiger partial charge in [0.05, 0.1) is 11.8 Å². The van der Waals surface area contributed by atoms with E-state index in [2.05, 4.69) is 15.1 Å². The molecule has 2 aromatic rings. The summed E-state index contributed by atoms with van der Waals surface area (Å²) in [6.45, 7) is 3.37. The van der Waals surface area contributed by atoms with E-state index < -0.39 is 5.60 Å². The van der Waals surface area contributed by atoms with Crippen LogP contribution in [0.15, 0.2) is 6.20 Å². The Balaban J connectivity index is 2.57. The number of anilines is 1. The highest BCUT2D eigenvalue weighted by Crippen LogP contribution is 2.19. The zero-order valence-electron chi connectivity index (χ0n) is 8.98. The molecule has 7 heteroatoms. The first-order chi connectivity index (χ1) is 7.37. The standard InChI is InChI=1S/C9H12ClN5O/c1-9(2,16)3-6-13-7(10)5-4-12-8(11)14-15(5)6/h4,16H,3H2,1-2H3,(H2,11,14). The summed E-state index contributed by atoms with van der Waals surface area (Å²) in [5.41, 5.74) is 5.18. The van der Waals surface area contributed by atoms with Crippen LogP contribution in [0.5, 0.6) is 0 Å². The van der Waals surface area contributed by atoms with Gasteiger partial charge in [-0.15, -0.1) is 5.10 Å². The summed E-state index contributed by atoms with van der Waals surface area (Å²) in [7, 11) is 0. The third-order valence-corrected chi connectivity index (χ3v) is 2.30.